The predicted octanol–water partition coefficient (Wildman–Crippen LogP) is 3.05. The Kier molecular flexibility index (Phi) is 4.22. The predicted molar refractivity (Wildman–Crippen MR) is 99.6 cm³/mol. The van der Waals surface area contributed by atoms with Crippen molar-refractivity contribution >= 4 is 45.0 Å². The molecular formula is C19H15N3O3S. The highest BCUT2D eigenvalue weighted by Crippen LogP contribution is 2.34. The molecular weight excluding hydrogens is 350 g/mol. The Bertz CT molecular complexity index is 979. The van der Waals surface area contributed by atoms with E-state index in [1.807, 2.05) is 42.5 Å². The fourth-order valence-corrected chi connectivity index (χ4v) is 3.90. The minimum Gasteiger partial charge on any atom is -0.324 e. The Morgan fingerprint density at radius 3 is 2.50 bits per heavy atom. The summed E-state index contributed by atoms with van der Waals surface area (Å²) in [5, 5.41) is 3.60. The van der Waals surface area contributed by atoms with Gasteiger partial charge in [0.25, 0.3) is 0 Å². The third kappa shape index (κ3) is 3.09. The van der Waals surface area contributed by atoms with Crippen molar-refractivity contribution in [2.24, 2.45) is 0 Å². The molecule has 7 heteroatoms. The number of fused-ring (bicyclic) bond motifs is 1. The summed E-state index contributed by atoms with van der Waals surface area (Å²) in [7, 11) is 0. The SMILES string of the molecule is O=C(CN1C(=O)CCC1=O)Nc1ccccc1-c1nc2ccccc2s1. The number of benzene rings is 2. The summed E-state index contributed by atoms with van der Waals surface area (Å²) in [6, 6.07) is 15.2. The van der Waals surface area contributed by atoms with Crippen LogP contribution in [0.4, 0.5) is 5.69 Å². The van der Waals surface area contributed by atoms with Crippen LogP contribution < -0.4 is 5.32 Å². The quantitative estimate of drug-likeness (QED) is 0.721. The van der Waals surface area contributed by atoms with Crippen molar-refractivity contribution < 1.29 is 14.4 Å². The largest absolute Gasteiger partial charge is 0.324 e. The van der Waals surface area contributed by atoms with Gasteiger partial charge in [0, 0.05) is 18.4 Å². The summed E-state index contributed by atoms with van der Waals surface area (Å²) in [5.41, 5.74) is 2.32. The summed E-state index contributed by atoms with van der Waals surface area (Å²) in [6.45, 7) is -0.258. The maximum Gasteiger partial charge on any atom is 0.244 e. The Labute approximate surface area is 153 Å². The minimum atomic E-state index is -0.401. The molecule has 2 aromatic carbocycles. The molecule has 1 N–H and O–H groups in total. The molecule has 0 unspecified atom stereocenters. The summed E-state index contributed by atoms with van der Waals surface area (Å²) in [4.78, 5) is 41.3. The molecule has 130 valence electrons. The maximum absolute atomic E-state index is 12.3. The van der Waals surface area contributed by atoms with E-state index in [2.05, 4.69) is 10.3 Å². The molecule has 1 saturated heterocycles. The number of carbonyl (C=O) groups excluding carboxylic acids is 3. The van der Waals surface area contributed by atoms with Gasteiger partial charge in [-0.05, 0) is 24.3 Å². The first-order valence-electron chi connectivity index (χ1n) is 8.20. The van der Waals surface area contributed by atoms with Crippen molar-refractivity contribution in [3.05, 3.63) is 48.5 Å². The van der Waals surface area contributed by atoms with Crippen molar-refractivity contribution in [1.29, 1.82) is 0 Å². The monoisotopic (exact) mass is 365 g/mol. The Hall–Kier alpha value is -3.06. The van der Waals surface area contributed by atoms with Crippen molar-refractivity contribution in [2.45, 2.75) is 12.8 Å². The number of likely N-dealkylation sites (tertiary alicyclic amines) is 1. The second-order valence-corrected chi connectivity index (χ2v) is 6.98. The molecule has 3 aromatic rings. The average Bonchev–Trinajstić information content (AvgIpc) is 3.20. The highest BCUT2D eigenvalue weighted by molar-refractivity contribution is 7.21. The Morgan fingerprint density at radius 2 is 1.73 bits per heavy atom. The van der Waals surface area contributed by atoms with E-state index in [-0.39, 0.29) is 31.2 Å². The van der Waals surface area contributed by atoms with E-state index in [1.54, 1.807) is 17.4 Å². The molecule has 0 atom stereocenters. The Balaban J connectivity index is 1.58. The first kappa shape index (κ1) is 16.4. The number of anilines is 1. The standard InChI is InChI=1S/C19H15N3O3S/c23-16(11-22-17(24)9-10-18(22)25)20-13-6-2-1-5-12(13)19-21-14-7-3-4-8-15(14)26-19/h1-8H,9-11H2,(H,20,23). The molecule has 6 nitrogen and oxygen atoms in total. The summed E-state index contributed by atoms with van der Waals surface area (Å²) in [5.74, 6) is -1.00. The number of nitrogens with one attached hydrogen (secondary N) is 1. The van der Waals surface area contributed by atoms with E-state index in [4.69, 9.17) is 0 Å². The molecule has 0 bridgehead atoms. The molecule has 1 fully saturated rings. The van der Waals surface area contributed by atoms with Crippen molar-refractivity contribution in [3.63, 3.8) is 0 Å². The zero-order valence-electron chi connectivity index (χ0n) is 13.8. The third-order valence-corrected chi connectivity index (χ3v) is 5.25. The zero-order valence-corrected chi connectivity index (χ0v) is 14.6. The van der Waals surface area contributed by atoms with Crippen LogP contribution in [-0.2, 0) is 14.4 Å². The second-order valence-electron chi connectivity index (χ2n) is 5.95. The van der Waals surface area contributed by atoms with Crippen LogP contribution in [0.1, 0.15) is 12.8 Å². The van der Waals surface area contributed by atoms with E-state index in [0.29, 0.717) is 5.69 Å². The zero-order chi connectivity index (χ0) is 18.1. The van der Waals surface area contributed by atoms with Crippen LogP contribution in [0.5, 0.6) is 0 Å². The normalized spacial score (nSPS) is 14.2. The first-order chi connectivity index (χ1) is 12.6. The number of para-hydroxylation sites is 2. The number of carbonyl (C=O) groups is 3. The maximum atomic E-state index is 12.3. The van der Waals surface area contributed by atoms with E-state index >= 15 is 0 Å². The number of aromatic nitrogens is 1. The highest BCUT2D eigenvalue weighted by Gasteiger charge is 2.30. The van der Waals surface area contributed by atoms with Gasteiger partial charge in [-0.3, -0.25) is 19.3 Å². The molecule has 0 aliphatic carbocycles. The molecule has 0 saturated carbocycles. The van der Waals surface area contributed by atoms with Gasteiger partial charge in [0.05, 0.1) is 15.9 Å². The van der Waals surface area contributed by atoms with Crippen LogP contribution in [0.2, 0.25) is 0 Å². The molecule has 1 aromatic heterocycles. The van der Waals surface area contributed by atoms with Crippen molar-refractivity contribution in [2.75, 3.05) is 11.9 Å². The molecule has 0 spiro atoms. The van der Waals surface area contributed by atoms with Gasteiger partial charge >= 0.3 is 0 Å². The lowest BCUT2D eigenvalue weighted by atomic mass is 10.2. The van der Waals surface area contributed by atoms with Gasteiger partial charge < -0.3 is 5.32 Å². The van der Waals surface area contributed by atoms with Gasteiger partial charge in [-0.2, -0.15) is 0 Å². The molecule has 3 amide bonds. The summed E-state index contributed by atoms with van der Waals surface area (Å²) < 4.78 is 1.07. The van der Waals surface area contributed by atoms with E-state index in [0.717, 1.165) is 25.7 Å². The van der Waals surface area contributed by atoms with Crippen LogP contribution in [0.25, 0.3) is 20.8 Å². The molecule has 26 heavy (non-hydrogen) atoms. The number of hydrogen-bond acceptors (Lipinski definition) is 5. The number of rotatable bonds is 4. The topological polar surface area (TPSA) is 79.4 Å². The molecule has 0 radical (unpaired) electrons. The van der Waals surface area contributed by atoms with Gasteiger partial charge in [0.1, 0.15) is 11.6 Å². The molecule has 4 rings (SSSR count). The van der Waals surface area contributed by atoms with Gasteiger partial charge in [-0.15, -0.1) is 11.3 Å². The molecule has 2 heterocycles. The fourth-order valence-electron chi connectivity index (χ4n) is 2.90. The van der Waals surface area contributed by atoms with Gasteiger partial charge in [0.15, 0.2) is 0 Å². The average molecular weight is 365 g/mol. The third-order valence-electron chi connectivity index (χ3n) is 4.18. The number of thiazole rings is 1. The molecule has 1 aliphatic rings. The van der Waals surface area contributed by atoms with Crippen LogP contribution in [0.3, 0.4) is 0 Å². The molecule has 1 aliphatic heterocycles. The lowest BCUT2D eigenvalue weighted by Gasteiger charge is -2.14. The number of hydrogen-bond donors (Lipinski definition) is 1. The number of imide groups is 1. The van der Waals surface area contributed by atoms with Gasteiger partial charge in [-0.1, -0.05) is 24.3 Å². The first-order valence-corrected chi connectivity index (χ1v) is 9.01. The smallest absolute Gasteiger partial charge is 0.244 e. The Morgan fingerprint density at radius 1 is 1.04 bits per heavy atom. The van der Waals surface area contributed by atoms with Gasteiger partial charge in [-0.25, -0.2) is 4.98 Å². The van der Waals surface area contributed by atoms with Crippen LogP contribution in [-0.4, -0.2) is 34.2 Å². The number of amides is 3. The van der Waals surface area contributed by atoms with E-state index < -0.39 is 5.91 Å². The lowest BCUT2D eigenvalue weighted by Crippen LogP contribution is -2.36. The van der Waals surface area contributed by atoms with E-state index in [9.17, 15) is 14.4 Å². The highest BCUT2D eigenvalue weighted by atomic mass is 32.1. The van der Waals surface area contributed by atoms with Crippen molar-refractivity contribution in [3.8, 4) is 10.6 Å². The van der Waals surface area contributed by atoms with Crippen molar-refractivity contribution in [1.82, 2.24) is 9.88 Å². The number of nitrogens with zero attached hydrogens (tertiary/aromatic N) is 2. The summed E-state index contributed by atoms with van der Waals surface area (Å²) in [6.07, 6.45) is 0.350. The second kappa shape index (κ2) is 6.68. The van der Waals surface area contributed by atoms with E-state index in [1.165, 1.54) is 0 Å². The lowest BCUT2D eigenvalue weighted by molar-refractivity contribution is -0.141. The fraction of sp³-hybridized carbons (Fsp3) is 0.158. The van der Waals surface area contributed by atoms with Gasteiger partial charge in [0.2, 0.25) is 17.7 Å². The summed E-state index contributed by atoms with van der Waals surface area (Å²) >= 11 is 1.54. The van der Waals surface area contributed by atoms with Crippen LogP contribution >= 0.6 is 11.3 Å². The minimum absolute atomic E-state index is 0.175. The van der Waals surface area contributed by atoms with Crippen LogP contribution in [0, 0.1) is 0 Å². The van der Waals surface area contributed by atoms with Crippen LogP contribution in [0.15, 0.2) is 48.5 Å².